The lowest BCUT2D eigenvalue weighted by Crippen LogP contribution is -2.37. The summed E-state index contributed by atoms with van der Waals surface area (Å²) in [5.74, 6) is -0.173. The van der Waals surface area contributed by atoms with Crippen molar-refractivity contribution in [1.82, 2.24) is 14.7 Å². The molecule has 7 heteroatoms. The lowest BCUT2D eigenvalue weighted by atomic mass is 9.98. The molecule has 138 valence electrons. The third-order valence-electron chi connectivity index (χ3n) is 5.03. The first-order valence-corrected chi connectivity index (χ1v) is 9.77. The first-order valence-electron chi connectivity index (χ1n) is 8.95. The minimum atomic E-state index is -0.260. The van der Waals surface area contributed by atoms with Crippen LogP contribution < -0.4 is 0 Å². The number of nitrogens with zero attached hydrogens (tertiary/aromatic N) is 4. The number of amides is 1. The second kappa shape index (κ2) is 7.12. The summed E-state index contributed by atoms with van der Waals surface area (Å²) in [5.41, 5.74) is 1.84. The van der Waals surface area contributed by atoms with Crippen LogP contribution in [0.5, 0.6) is 0 Å². The summed E-state index contributed by atoms with van der Waals surface area (Å²) in [4.78, 5) is 16.4. The molecule has 2 aromatic heterocycles. The van der Waals surface area contributed by atoms with E-state index in [1.165, 1.54) is 23.5 Å². The summed E-state index contributed by atoms with van der Waals surface area (Å²) in [6, 6.07) is 10.6. The minimum absolute atomic E-state index is 0.0281. The number of thiophene rings is 1. The second-order valence-electron chi connectivity index (χ2n) is 6.89. The number of benzene rings is 1. The molecule has 0 N–H and O–H groups in total. The number of hydrogen-bond donors (Lipinski definition) is 0. The third-order valence-corrected chi connectivity index (χ3v) is 6.16. The number of rotatable bonds is 3. The van der Waals surface area contributed by atoms with E-state index in [4.69, 9.17) is 5.26 Å². The fourth-order valence-electron chi connectivity index (χ4n) is 3.46. The smallest absolute Gasteiger partial charge is 0.264 e. The number of nitriles is 1. The van der Waals surface area contributed by atoms with Gasteiger partial charge in [-0.25, -0.2) is 4.39 Å². The van der Waals surface area contributed by atoms with Crippen LogP contribution in [-0.4, -0.2) is 33.7 Å². The number of likely N-dealkylation sites (tertiary alicyclic amines) is 1. The lowest BCUT2D eigenvalue weighted by molar-refractivity contribution is 0.0712. The van der Waals surface area contributed by atoms with E-state index < -0.39 is 0 Å². The molecule has 1 aliphatic rings. The van der Waals surface area contributed by atoms with E-state index in [2.05, 4.69) is 11.2 Å². The highest BCUT2D eigenvalue weighted by atomic mass is 32.1. The van der Waals surface area contributed by atoms with E-state index in [-0.39, 0.29) is 17.6 Å². The van der Waals surface area contributed by atoms with Crippen LogP contribution in [-0.2, 0) is 6.54 Å². The molecule has 5 nitrogen and oxygen atoms in total. The molecule has 0 radical (unpaired) electrons. The molecule has 1 aliphatic heterocycles. The fraction of sp³-hybridized carbons (Fsp3) is 0.350. The lowest BCUT2D eigenvalue weighted by Gasteiger charge is -2.28. The van der Waals surface area contributed by atoms with Crippen LogP contribution in [0, 0.1) is 30.0 Å². The predicted octanol–water partition coefficient (Wildman–Crippen LogP) is 3.97. The molecule has 1 aromatic carbocycles. The fourth-order valence-corrected chi connectivity index (χ4v) is 4.58. The maximum absolute atomic E-state index is 13.1. The molecule has 0 atom stereocenters. The molecule has 0 unspecified atom stereocenters. The van der Waals surface area contributed by atoms with E-state index in [0.29, 0.717) is 24.5 Å². The van der Waals surface area contributed by atoms with Crippen molar-refractivity contribution in [3.63, 3.8) is 0 Å². The summed E-state index contributed by atoms with van der Waals surface area (Å²) < 4.78 is 15.0. The molecule has 0 aliphatic carbocycles. The molecule has 0 spiro atoms. The van der Waals surface area contributed by atoms with Gasteiger partial charge in [-0.05, 0) is 43.5 Å². The molecule has 4 rings (SSSR count). The number of piperidine rings is 1. The van der Waals surface area contributed by atoms with E-state index in [1.54, 1.807) is 12.1 Å². The normalized spacial score (nSPS) is 15.2. The summed E-state index contributed by atoms with van der Waals surface area (Å²) >= 11 is 1.45. The highest BCUT2D eigenvalue weighted by Gasteiger charge is 2.25. The van der Waals surface area contributed by atoms with Crippen molar-refractivity contribution in [1.29, 1.82) is 5.26 Å². The maximum Gasteiger partial charge on any atom is 0.264 e. The van der Waals surface area contributed by atoms with Gasteiger partial charge in [-0.2, -0.15) is 10.4 Å². The highest BCUT2D eigenvalue weighted by Crippen LogP contribution is 2.30. The van der Waals surface area contributed by atoms with Gasteiger partial charge in [0.05, 0.1) is 23.2 Å². The molecule has 1 amide bonds. The summed E-state index contributed by atoms with van der Waals surface area (Å²) in [6.07, 6.45) is 1.48. The number of halogens is 1. The number of aryl methyl sites for hydroxylation is 1. The zero-order valence-corrected chi connectivity index (χ0v) is 15.8. The first-order chi connectivity index (χ1) is 13.0. The van der Waals surface area contributed by atoms with Crippen molar-refractivity contribution in [2.24, 2.45) is 5.92 Å². The van der Waals surface area contributed by atoms with Gasteiger partial charge in [0.25, 0.3) is 5.91 Å². The van der Waals surface area contributed by atoms with E-state index in [9.17, 15) is 9.18 Å². The van der Waals surface area contributed by atoms with Crippen LogP contribution in [0.1, 0.15) is 33.8 Å². The quantitative estimate of drug-likeness (QED) is 0.689. The van der Waals surface area contributed by atoms with Gasteiger partial charge < -0.3 is 4.90 Å². The van der Waals surface area contributed by atoms with Gasteiger partial charge in [0.2, 0.25) is 0 Å². The van der Waals surface area contributed by atoms with Crippen LogP contribution in [0.3, 0.4) is 0 Å². The van der Waals surface area contributed by atoms with Crippen LogP contribution >= 0.6 is 11.3 Å². The molecule has 0 bridgehead atoms. The van der Waals surface area contributed by atoms with Crippen LogP contribution in [0.15, 0.2) is 30.3 Å². The van der Waals surface area contributed by atoms with Crippen LogP contribution in [0.4, 0.5) is 4.39 Å². The Morgan fingerprint density at radius 2 is 2.04 bits per heavy atom. The van der Waals surface area contributed by atoms with E-state index >= 15 is 0 Å². The maximum atomic E-state index is 13.1. The number of carbonyl (C=O) groups is 1. The van der Waals surface area contributed by atoms with Gasteiger partial charge in [0.15, 0.2) is 0 Å². The van der Waals surface area contributed by atoms with Crippen molar-refractivity contribution in [2.75, 3.05) is 13.1 Å². The summed E-state index contributed by atoms with van der Waals surface area (Å²) in [5, 5.41) is 14.6. The zero-order chi connectivity index (χ0) is 19.0. The predicted molar refractivity (Wildman–Crippen MR) is 102 cm³/mol. The topological polar surface area (TPSA) is 61.9 Å². The van der Waals surface area contributed by atoms with Gasteiger partial charge >= 0.3 is 0 Å². The number of hydrogen-bond acceptors (Lipinski definition) is 4. The van der Waals surface area contributed by atoms with Gasteiger partial charge in [-0.3, -0.25) is 9.48 Å². The van der Waals surface area contributed by atoms with Crippen molar-refractivity contribution in [3.05, 3.63) is 52.3 Å². The van der Waals surface area contributed by atoms with Crippen molar-refractivity contribution >= 4 is 27.5 Å². The largest absolute Gasteiger partial charge is 0.338 e. The van der Waals surface area contributed by atoms with Gasteiger partial charge in [-0.15, -0.1) is 11.3 Å². The van der Waals surface area contributed by atoms with Crippen LogP contribution in [0.25, 0.3) is 10.2 Å². The van der Waals surface area contributed by atoms with Crippen molar-refractivity contribution in [2.45, 2.75) is 26.3 Å². The van der Waals surface area contributed by atoms with E-state index in [1.807, 2.05) is 22.6 Å². The average Bonchev–Trinajstić information content (AvgIpc) is 3.24. The van der Waals surface area contributed by atoms with E-state index in [0.717, 1.165) is 34.3 Å². The Balaban J connectivity index is 1.58. The molecular formula is C20H19FN4OS. The Hall–Kier alpha value is -2.72. The molecule has 1 fully saturated rings. The SMILES string of the molecule is Cc1nn(Cc2ccc(F)cc2)c2sc(C(=O)N3CCC(C#N)CC3)cc12. The molecule has 27 heavy (non-hydrogen) atoms. The minimum Gasteiger partial charge on any atom is -0.338 e. The number of fused-ring (bicyclic) bond motifs is 1. The summed E-state index contributed by atoms with van der Waals surface area (Å²) in [7, 11) is 0. The summed E-state index contributed by atoms with van der Waals surface area (Å²) in [6.45, 7) is 3.73. The number of carbonyl (C=O) groups excluding carboxylic acids is 1. The molecule has 0 saturated carbocycles. The Kier molecular flexibility index (Phi) is 4.66. The second-order valence-corrected chi connectivity index (χ2v) is 7.93. The van der Waals surface area contributed by atoms with Gasteiger partial charge in [0.1, 0.15) is 10.6 Å². The van der Waals surface area contributed by atoms with Gasteiger partial charge in [0, 0.05) is 24.4 Å². The number of aromatic nitrogens is 2. The molecular weight excluding hydrogens is 363 g/mol. The standard InChI is InChI=1S/C20H19FN4OS/c1-13-17-10-18(19(26)24-8-6-14(11-22)7-9-24)27-20(17)25(23-13)12-15-2-4-16(21)5-3-15/h2-5,10,14H,6-9,12H2,1H3. The van der Waals surface area contributed by atoms with Crippen molar-refractivity contribution in [3.8, 4) is 6.07 Å². The average molecular weight is 382 g/mol. The van der Waals surface area contributed by atoms with Gasteiger partial charge in [-0.1, -0.05) is 12.1 Å². The monoisotopic (exact) mass is 382 g/mol. The third kappa shape index (κ3) is 3.45. The molecule has 3 aromatic rings. The molecule has 3 heterocycles. The zero-order valence-electron chi connectivity index (χ0n) is 15.0. The Morgan fingerprint density at radius 1 is 1.33 bits per heavy atom. The Morgan fingerprint density at radius 3 is 2.70 bits per heavy atom. The van der Waals surface area contributed by atoms with Crippen LogP contribution in [0.2, 0.25) is 0 Å². The highest BCUT2D eigenvalue weighted by molar-refractivity contribution is 7.20. The Labute approximate surface area is 160 Å². The molecule has 1 saturated heterocycles. The Bertz CT molecular complexity index is 1020. The van der Waals surface area contributed by atoms with Crippen molar-refractivity contribution < 1.29 is 9.18 Å². The first kappa shape index (κ1) is 17.7.